The van der Waals surface area contributed by atoms with E-state index in [4.69, 9.17) is 19.4 Å². The van der Waals surface area contributed by atoms with Crippen LogP contribution >= 0.6 is 0 Å². The van der Waals surface area contributed by atoms with Crippen molar-refractivity contribution in [2.24, 2.45) is 0 Å². The van der Waals surface area contributed by atoms with Crippen LogP contribution in [0.4, 0.5) is 0 Å². The van der Waals surface area contributed by atoms with Crippen molar-refractivity contribution in [3.05, 3.63) is 223 Å². The number of benzene rings is 9. The molecule has 79 heavy (non-hydrogen) atoms. The molecule has 4 heteroatoms. The van der Waals surface area contributed by atoms with Gasteiger partial charge in [0.25, 0.3) is 0 Å². The summed E-state index contributed by atoms with van der Waals surface area (Å²) < 4.78 is 6.63. The van der Waals surface area contributed by atoms with Crippen molar-refractivity contribution in [2.45, 2.75) is 78.6 Å². The Morgan fingerprint density at radius 2 is 0.797 bits per heavy atom. The Morgan fingerprint density at radius 3 is 1.42 bits per heavy atom. The van der Waals surface area contributed by atoms with Crippen molar-refractivity contribution < 1.29 is 4.42 Å². The van der Waals surface area contributed by atoms with E-state index in [0.29, 0.717) is 0 Å². The predicted molar refractivity (Wildman–Crippen MR) is 330 cm³/mol. The zero-order valence-electron chi connectivity index (χ0n) is 46.4. The minimum atomic E-state index is -0.361. The van der Waals surface area contributed by atoms with Gasteiger partial charge in [-0.25, -0.2) is 9.97 Å². The maximum absolute atomic E-state index is 6.63. The highest BCUT2D eigenvalue weighted by Crippen LogP contribution is 2.54. The fourth-order valence-corrected chi connectivity index (χ4v) is 12.9. The zero-order chi connectivity index (χ0) is 54.1. The summed E-state index contributed by atoms with van der Waals surface area (Å²) in [6.45, 7) is 21.2. The molecule has 9 aromatic carbocycles. The second-order valence-corrected chi connectivity index (χ2v) is 24.7. The highest BCUT2D eigenvalue weighted by molar-refractivity contribution is 6.11. The fraction of sp³-hybridized carbons (Fsp3) is 0.160. The topological polar surface area (TPSA) is 51.8 Å². The molecule has 4 nitrogen and oxygen atoms in total. The average molecular weight is 1020 g/mol. The molecular weight excluding hydrogens is 959 g/mol. The van der Waals surface area contributed by atoms with Gasteiger partial charge in [0.2, 0.25) is 0 Å². The van der Waals surface area contributed by atoms with Crippen LogP contribution < -0.4 is 0 Å². The first-order valence-electron chi connectivity index (χ1n) is 27.7. The van der Waals surface area contributed by atoms with Crippen LogP contribution in [-0.4, -0.2) is 15.0 Å². The molecule has 0 fully saturated rings. The van der Waals surface area contributed by atoms with E-state index in [1.807, 2.05) is 12.3 Å². The van der Waals surface area contributed by atoms with Crippen LogP contribution in [0.3, 0.4) is 0 Å². The van der Waals surface area contributed by atoms with E-state index in [0.717, 1.165) is 106 Å². The molecule has 2 aliphatic rings. The second kappa shape index (κ2) is 17.8. The largest absolute Gasteiger partial charge is 0.455 e. The summed E-state index contributed by atoms with van der Waals surface area (Å²) in [5.74, 6) is 0.724. The molecule has 0 atom stereocenters. The summed E-state index contributed by atoms with van der Waals surface area (Å²) >= 11 is 0. The molecule has 2 aliphatic carbocycles. The van der Waals surface area contributed by atoms with Crippen molar-refractivity contribution in [2.75, 3.05) is 0 Å². The molecule has 0 spiro atoms. The van der Waals surface area contributed by atoms with Gasteiger partial charge in [-0.3, -0.25) is 4.98 Å². The predicted octanol–water partition coefficient (Wildman–Crippen LogP) is 20.6. The van der Waals surface area contributed by atoms with Gasteiger partial charge in [-0.2, -0.15) is 0 Å². The number of hydrogen-bond donors (Lipinski definition) is 0. The minimum Gasteiger partial charge on any atom is -0.455 e. The highest BCUT2D eigenvalue weighted by atomic mass is 16.3. The van der Waals surface area contributed by atoms with Crippen LogP contribution in [0.1, 0.15) is 79.0 Å². The lowest BCUT2D eigenvalue weighted by Gasteiger charge is -2.37. The summed E-state index contributed by atoms with van der Waals surface area (Å²) in [4.78, 5) is 16.7. The molecule has 14 rings (SSSR count). The molecule has 3 heterocycles. The zero-order valence-corrected chi connectivity index (χ0v) is 46.4. The summed E-state index contributed by atoms with van der Waals surface area (Å²) in [5, 5.41) is 2.23. The number of aromatic nitrogens is 3. The van der Waals surface area contributed by atoms with Gasteiger partial charge in [0.15, 0.2) is 5.82 Å². The number of hydrogen-bond acceptors (Lipinski definition) is 4. The third kappa shape index (κ3) is 7.75. The van der Waals surface area contributed by atoms with E-state index in [1.165, 1.54) is 55.6 Å². The first-order chi connectivity index (χ1) is 38.1. The molecule has 382 valence electrons. The molecule has 0 N–H and O–H groups in total. The molecule has 0 bridgehead atoms. The Labute approximate surface area is 463 Å². The van der Waals surface area contributed by atoms with Gasteiger partial charge in [0.1, 0.15) is 11.2 Å². The summed E-state index contributed by atoms with van der Waals surface area (Å²) in [6.07, 6.45) is 4.03. The lowest BCUT2D eigenvalue weighted by Crippen LogP contribution is -2.25. The fourth-order valence-electron chi connectivity index (χ4n) is 12.9. The summed E-state index contributed by atoms with van der Waals surface area (Å²) in [6, 6.07) is 70.9. The molecule has 3 aromatic heterocycles. The van der Waals surface area contributed by atoms with Crippen molar-refractivity contribution in [1.82, 2.24) is 15.0 Å². The third-order valence-corrected chi connectivity index (χ3v) is 16.5. The number of rotatable bonds is 3. The maximum atomic E-state index is 6.63. The quantitative estimate of drug-likeness (QED) is 0.177. The first-order valence-corrected chi connectivity index (χ1v) is 27.7. The molecule has 0 radical (unpaired) electrons. The van der Waals surface area contributed by atoms with Gasteiger partial charge < -0.3 is 4.42 Å². The van der Waals surface area contributed by atoms with Gasteiger partial charge in [-0.15, -0.1) is 0 Å². The van der Waals surface area contributed by atoms with E-state index in [9.17, 15) is 0 Å². The number of furan rings is 1. The van der Waals surface area contributed by atoms with Gasteiger partial charge in [0.05, 0.1) is 11.4 Å². The first kappa shape index (κ1) is 48.4. The van der Waals surface area contributed by atoms with Gasteiger partial charge in [0, 0.05) is 56.5 Å². The molecule has 0 unspecified atom stereocenters. The van der Waals surface area contributed by atoms with E-state index in [1.54, 1.807) is 0 Å². The van der Waals surface area contributed by atoms with Crippen LogP contribution in [0.25, 0.3) is 145 Å². The SMILES string of the molecule is CC(C)(C)c1cc(C(C)(C)C)c(-c2ncc3c(n2)-c2ccccc2-c2ccccc2-c2cc(-c4cccc5c4oc4ccccc45)ccc2-3)c(C(C)(C)C)c1-c1ccc2c(c1)-c1ccccc1-c1ccccc1-c1ncccc1-2. The lowest BCUT2D eigenvalue weighted by atomic mass is 9.67. The monoisotopic (exact) mass is 1020 g/mol. The van der Waals surface area contributed by atoms with Crippen LogP contribution in [0.5, 0.6) is 0 Å². The molecule has 0 aliphatic heterocycles. The van der Waals surface area contributed by atoms with Crippen LogP contribution in [0, 0.1) is 0 Å². The summed E-state index contributed by atoms with van der Waals surface area (Å²) in [5.41, 5.74) is 28.2. The Bertz CT molecular complexity index is 4490. The number of pyridine rings is 1. The van der Waals surface area contributed by atoms with Crippen molar-refractivity contribution in [3.63, 3.8) is 0 Å². The number of fused-ring (bicyclic) bond motifs is 19. The average Bonchev–Trinajstić information content (AvgIpc) is 3.98. The molecule has 12 aromatic rings. The van der Waals surface area contributed by atoms with Crippen LogP contribution in [0.2, 0.25) is 0 Å². The number of nitrogens with zero attached hydrogens (tertiary/aromatic N) is 3. The Balaban J connectivity index is 1.04. The van der Waals surface area contributed by atoms with Crippen LogP contribution in [-0.2, 0) is 16.2 Å². The summed E-state index contributed by atoms with van der Waals surface area (Å²) in [7, 11) is 0. The standard InChI is InChI=1S/C75H61N3O/c1-73(2,3)63-42-64(74(4,5)6)67(68(75(7,8)9)66(63)45-36-38-53-57-33-21-39-76-69(57)56-29-16-14-24-49(56)47-22-10-13-27-52(47)61(53)41-45)72-77-43-62-54-37-35-44(46-31-20-32-59-55-28-18-19-34-65(55)79-71(46)59)40-60(54)51-26-12-11-23-48(51)50-25-15-17-30-58(50)70(62)78-72/h10-43H,1-9H3. The highest BCUT2D eigenvalue weighted by Gasteiger charge is 2.37. The van der Waals surface area contributed by atoms with Gasteiger partial charge >= 0.3 is 0 Å². The van der Waals surface area contributed by atoms with Gasteiger partial charge in [-0.1, -0.05) is 232 Å². The van der Waals surface area contributed by atoms with Crippen molar-refractivity contribution >= 4 is 21.9 Å². The van der Waals surface area contributed by atoms with Crippen molar-refractivity contribution in [1.29, 1.82) is 0 Å². The number of para-hydroxylation sites is 2. The molecule has 0 saturated heterocycles. The Hall–Kier alpha value is -8.99. The van der Waals surface area contributed by atoms with Crippen molar-refractivity contribution in [3.8, 4) is 123 Å². The Kier molecular flexibility index (Phi) is 10.9. The normalized spacial score (nSPS) is 12.6. The maximum Gasteiger partial charge on any atom is 0.160 e. The minimum absolute atomic E-state index is 0.233. The lowest BCUT2D eigenvalue weighted by molar-refractivity contribution is 0.552. The molecule has 0 amide bonds. The second-order valence-electron chi connectivity index (χ2n) is 24.7. The molecule has 0 saturated carbocycles. The smallest absolute Gasteiger partial charge is 0.160 e. The van der Waals surface area contributed by atoms with Crippen LogP contribution in [0.15, 0.2) is 211 Å². The third-order valence-electron chi connectivity index (χ3n) is 16.5. The molecular formula is C75H61N3O. The van der Waals surface area contributed by atoms with E-state index >= 15 is 0 Å². The van der Waals surface area contributed by atoms with E-state index < -0.39 is 0 Å². The van der Waals surface area contributed by atoms with E-state index in [2.05, 4.69) is 257 Å². The van der Waals surface area contributed by atoms with Gasteiger partial charge in [-0.05, 0) is 130 Å². The van der Waals surface area contributed by atoms with E-state index in [-0.39, 0.29) is 16.2 Å². The Morgan fingerprint density at radius 1 is 0.329 bits per heavy atom.